The van der Waals surface area contributed by atoms with Crippen LogP contribution in [0.15, 0.2) is 29.4 Å². The number of halogens is 1. The smallest absolute Gasteiger partial charge is 0.169 e. The maximum Gasteiger partial charge on any atom is 0.169 e. The fourth-order valence-electron chi connectivity index (χ4n) is 2.31. The van der Waals surface area contributed by atoms with Crippen molar-refractivity contribution in [1.82, 2.24) is 0 Å². The van der Waals surface area contributed by atoms with Gasteiger partial charge in [0.2, 0.25) is 0 Å². The number of nitroso groups, excluding NO2 is 1. The van der Waals surface area contributed by atoms with Crippen LogP contribution in [0.25, 0.3) is 0 Å². The van der Waals surface area contributed by atoms with Crippen LogP contribution in [0, 0.1) is 4.91 Å². The van der Waals surface area contributed by atoms with Gasteiger partial charge in [0.25, 0.3) is 0 Å². The molecule has 0 aliphatic heterocycles. The second kappa shape index (κ2) is 6.74. The Kier molecular flexibility index (Phi) is 5.00. The summed E-state index contributed by atoms with van der Waals surface area (Å²) in [5.74, 6) is 0.899. The molecule has 98 valence electrons. The summed E-state index contributed by atoms with van der Waals surface area (Å²) in [5, 5.41) is 2.78. The lowest BCUT2D eigenvalue weighted by molar-refractivity contribution is 0.155. The molecule has 18 heavy (non-hydrogen) atoms. The van der Waals surface area contributed by atoms with Gasteiger partial charge in [-0.05, 0) is 48.6 Å². The van der Waals surface area contributed by atoms with Crippen molar-refractivity contribution in [3.63, 3.8) is 0 Å². The van der Waals surface area contributed by atoms with Crippen molar-refractivity contribution in [2.24, 2.45) is 5.18 Å². The molecule has 0 N–H and O–H groups in total. The average Bonchev–Trinajstić information content (AvgIpc) is 2.42. The van der Waals surface area contributed by atoms with E-state index in [-0.39, 0.29) is 0 Å². The first-order valence-corrected chi connectivity index (χ1v) is 6.93. The maximum absolute atomic E-state index is 10.2. The molecule has 1 unspecified atom stereocenters. The molecule has 0 saturated heterocycles. The van der Waals surface area contributed by atoms with Crippen LogP contribution in [0.2, 0.25) is 0 Å². The summed E-state index contributed by atoms with van der Waals surface area (Å²) in [7, 11) is 0. The number of rotatable bonds is 5. The highest BCUT2D eigenvalue weighted by molar-refractivity contribution is 6.20. The van der Waals surface area contributed by atoms with E-state index in [9.17, 15) is 4.91 Å². The predicted molar refractivity (Wildman–Crippen MR) is 73.1 cm³/mol. The summed E-state index contributed by atoms with van der Waals surface area (Å²) in [6.45, 7) is 0. The van der Waals surface area contributed by atoms with Crippen molar-refractivity contribution in [2.75, 3.05) is 0 Å². The quantitative estimate of drug-likeness (QED) is 0.454. The van der Waals surface area contributed by atoms with Crippen molar-refractivity contribution in [2.45, 2.75) is 50.1 Å². The zero-order chi connectivity index (χ0) is 12.8. The van der Waals surface area contributed by atoms with Gasteiger partial charge >= 0.3 is 0 Å². The third-order valence-electron chi connectivity index (χ3n) is 3.30. The van der Waals surface area contributed by atoms with Crippen LogP contribution >= 0.6 is 11.6 Å². The van der Waals surface area contributed by atoms with Crippen molar-refractivity contribution in [3.8, 4) is 5.75 Å². The third-order valence-corrected chi connectivity index (χ3v) is 3.53. The molecular formula is C14H18ClNO2. The van der Waals surface area contributed by atoms with Gasteiger partial charge in [0.1, 0.15) is 5.75 Å². The Balaban J connectivity index is 1.88. The number of alkyl halides is 1. The molecule has 2 rings (SSSR count). The SMILES string of the molecule is O=NC(Cl)Cc1ccc(OC2CCCCC2)cc1. The maximum atomic E-state index is 10.2. The fourth-order valence-corrected chi connectivity index (χ4v) is 2.49. The molecule has 1 saturated carbocycles. The summed E-state index contributed by atoms with van der Waals surface area (Å²) >= 11 is 5.68. The van der Waals surface area contributed by atoms with Crippen LogP contribution in [0.3, 0.4) is 0 Å². The van der Waals surface area contributed by atoms with Gasteiger partial charge in [-0.25, -0.2) is 0 Å². The molecule has 0 radical (unpaired) electrons. The normalized spacial score (nSPS) is 18.3. The Hall–Kier alpha value is -1.09. The Labute approximate surface area is 112 Å². The summed E-state index contributed by atoms with van der Waals surface area (Å²) < 4.78 is 5.92. The van der Waals surface area contributed by atoms with E-state index in [0.717, 1.165) is 24.2 Å². The molecule has 0 spiro atoms. The van der Waals surface area contributed by atoms with Crippen molar-refractivity contribution in [3.05, 3.63) is 34.7 Å². The summed E-state index contributed by atoms with van der Waals surface area (Å²) in [5.41, 5.74) is 0.320. The van der Waals surface area contributed by atoms with Crippen LogP contribution < -0.4 is 4.74 Å². The van der Waals surface area contributed by atoms with Crippen LogP contribution in [0.4, 0.5) is 0 Å². The van der Waals surface area contributed by atoms with Gasteiger partial charge in [-0.2, -0.15) is 0 Å². The highest BCUT2D eigenvalue weighted by Gasteiger charge is 2.14. The Morgan fingerprint density at radius 3 is 2.50 bits per heavy atom. The van der Waals surface area contributed by atoms with E-state index >= 15 is 0 Å². The molecule has 0 heterocycles. The van der Waals surface area contributed by atoms with Crippen molar-refractivity contribution >= 4 is 11.6 Å². The van der Waals surface area contributed by atoms with Gasteiger partial charge < -0.3 is 4.74 Å². The van der Waals surface area contributed by atoms with Crippen molar-refractivity contribution < 1.29 is 4.74 Å². The molecule has 1 atom stereocenters. The van der Waals surface area contributed by atoms with Crippen LogP contribution in [0.1, 0.15) is 37.7 Å². The highest BCUT2D eigenvalue weighted by Crippen LogP contribution is 2.24. The largest absolute Gasteiger partial charge is 0.490 e. The lowest BCUT2D eigenvalue weighted by atomic mass is 9.98. The van der Waals surface area contributed by atoms with Crippen LogP contribution in [-0.4, -0.2) is 11.6 Å². The van der Waals surface area contributed by atoms with E-state index in [1.165, 1.54) is 19.3 Å². The number of hydrogen-bond acceptors (Lipinski definition) is 3. The Bertz CT molecular complexity index is 374. The summed E-state index contributed by atoms with van der Waals surface area (Å²) in [6, 6.07) is 7.77. The third kappa shape index (κ3) is 3.98. The minimum Gasteiger partial charge on any atom is -0.490 e. The molecule has 1 aromatic carbocycles. The van der Waals surface area contributed by atoms with E-state index in [2.05, 4.69) is 5.18 Å². The second-order valence-corrected chi connectivity index (χ2v) is 5.27. The Morgan fingerprint density at radius 2 is 1.89 bits per heavy atom. The first-order chi connectivity index (χ1) is 8.78. The van der Waals surface area contributed by atoms with Gasteiger partial charge in [0, 0.05) is 6.42 Å². The zero-order valence-electron chi connectivity index (χ0n) is 10.3. The van der Waals surface area contributed by atoms with E-state index < -0.39 is 5.50 Å². The fraction of sp³-hybridized carbons (Fsp3) is 0.571. The molecule has 1 aliphatic rings. The van der Waals surface area contributed by atoms with Gasteiger partial charge in [0.15, 0.2) is 5.50 Å². The molecule has 1 aromatic rings. The van der Waals surface area contributed by atoms with Crippen LogP contribution in [0.5, 0.6) is 5.75 Å². The first-order valence-electron chi connectivity index (χ1n) is 6.50. The van der Waals surface area contributed by atoms with Gasteiger partial charge in [-0.15, -0.1) is 4.91 Å². The molecule has 0 amide bonds. The van der Waals surface area contributed by atoms with E-state index in [1.54, 1.807) is 0 Å². The number of hydrogen-bond donors (Lipinski definition) is 0. The Morgan fingerprint density at radius 1 is 1.22 bits per heavy atom. The molecule has 3 nitrogen and oxygen atoms in total. The van der Waals surface area contributed by atoms with Gasteiger partial charge in [0.05, 0.1) is 6.10 Å². The van der Waals surface area contributed by atoms with E-state index in [1.807, 2.05) is 24.3 Å². The minimum atomic E-state index is -0.685. The highest BCUT2D eigenvalue weighted by atomic mass is 35.5. The predicted octanol–water partition coefficient (Wildman–Crippen LogP) is 4.27. The molecule has 4 heteroatoms. The summed E-state index contributed by atoms with van der Waals surface area (Å²) in [6.07, 6.45) is 7.00. The molecule has 0 bridgehead atoms. The molecule has 0 aromatic heterocycles. The van der Waals surface area contributed by atoms with Gasteiger partial charge in [-0.1, -0.05) is 30.2 Å². The van der Waals surface area contributed by atoms with E-state index in [0.29, 0.717) is 12.5 Å². The number of nitrogens with zero attached hydrogens (tertiary/aromatic N) is 1. The molecular weight excluding hydrogens is 250 g/mol. The monoisotopic (exact) mass is 267 g/mol. The van der Waals surface area contributed by atoms with E-state index in [4.69, 9.17) is 16.3 Å². The van der Waals surface area contributed by atoms with Gasteiger partial charge in [-0.3, -0.25) is 0 Å². The zero-order valence-corrected chi connectivity index (χ0v) is 11.1. The first kappa shape index (κ1) is 13.3. The van der Waals surface area contributed by atoms with Crippen molar-refractivity contribution in [1.29, 1.82) is 0 Å². The number of benzene rings is 1. The molecule has 1 fully saturated rings. The lowest BCUT2D eigenvalue weighted by Gasteiger charge is -2.23. The second-order valence-electron chi connectivity index (χ2n) is 4.77. The standard InChI is InChI=1S/C14H18ClNO2/c15-14(16-17)10-11-6-8-13(9-7-11)18-12-4-2-1-3-5-12/h6-9,12,14H,1-5,10H2. The van der Waals surface area contributed by atoms with Crippen LogP contribution in [-0.2, 0) is 6.42 Å². The minimum absolute atomic E-state index is 0.363. The molecule has 1 aliphatic carbocycles. The number of ether oxygens (including phenoxy) is 1. The topological polar surface area (TPSA) is 38.7 Å². The summed E-state index contributed by atoms with van der Waals surface area (Å²) in [4.78, 5) is 10.2. The lowest BCUT2D eigenvalue weighted by Crippen LogP contribution is -2.19. The average molecular weight is 268 g/mol.